The summed E-state index contributed by atoms with van der Waals surface area (Å²) in [6.45, 7) is 4.45. The van der Waals surface area contributed by atoms with E-state index in [9.17, 15) is 9.59 Å². The summed E-state index contributed by atoms with van der Waals surface area (Å²) in [5.41, 5.74) is 1.84. The van der Waals surface area contributed by atoms with Crippen LogP contribution in [0.5, 0.6) is 11.5 Å². The topological polar surface area (TPSA) is 59.1 Å². The van der Waals surface area contributed by atoms with Crippen LogP contribution in [0.3, 0.4) is 0 Å². The number of carbonyl (C=O) groups is 2. The van der Waals surface area contributed by atoms with Crippen LogP contribution in [0.1, 0.15) is 19.4 Å². The van der Waals surface area contributed by atoms with E-state index in [1.165, 1.54) is 6.92 Å². The number of rotatable bonds is 9. The molecule has 2 aromatic carbocycles. The van der Waals surface area contributed by atoms with E-state index >= 15 is 0 Å². The second kappa shape index (κ2) is 10.3. The Kier molecular flexibility index (Phi) is 7.87. The van der Waals surface area contributed by atoms with E-state index in [1.54, 1.807) is 24.0 Å². The smallest absolute Gasteiger partial charge is 0.246 e. The van der Waals surface area contributed by atoms with Crippen molar-refractivity contribution in [2.24, 2.45) is 0 Å². The van der Waals surface area contributed by atoms with E-state index < -0.39 is 0 Å². The average molecular weight is 384 g/mol. The molecule has 0 aromatic heterocycles. The summed E-state index contributed by atoms with van der Waals surface area (Å²) in [4.78, 5) is 28.1. The molecule has 0 spiro atoms. The molecule has 0 aliphatic rings. The monoisotopic (exact) mass is 384 g/mol. The summed E-state index contributed by atoms with van der Waals surface area (Å²) in [7, 11) is 3.18. The van der Waals surface area contributed by atoms with Gasteiger partial charge in [0, 0.05) is 25.7 Å². The molecule has 2 aromatic rings. The van der Waals surface area contributed by atoms with Gasteiger partial charge in [-0.1, -0.05) is 24.3 Å². The van der Waals surface area contributed by atoms with Gasteiger partial charge in [0.15, 0.2) is 11.5 Å². The largest absolute Gasteiger partial charge is 0.493 e. The number of para-hydroxylation sites is 1. The lowest BCUT2D eigenvalue weighted by molar-refractivity contribution is -0.133. The zero-order valence-electron chi connectivity index (χ0n) is 17.0. The van der Waals surface area contributed by atoms with Crippen LogP contribution in [0.2, 0.25) is 0 Å². The van der Waals surface area contributed by atoms with E-state index in [-0.39, 0.29) is 18.4 Å². The number of nitrogens with zero attached hydrogens (tertiary/aromatic N) is 2. The van der Waals surface area contributed by atoms with Crippen molar-refractivity contribution in [1.82, 2.24) is 4.90 Å². The first-order chi connectivity index (χ1) is 13.5. The van der Waals surface area contributed by atoms with E-state index in [0.717, 1.165) is 11.3 Å². The molecule has 0 saturated carbocycles. The van der Waals surface area contributed by atoms with Gasteiger partial charge in [0.1, 0.15) is 6.54 Å². The molecule has 6 heteroatoms. The van der Waals surface area contributed by atoms with Crippen molar-refractivity contribution in [1.29, 1.82) is 0 Å². The van der Waals surface area contributed by atoms with Gasteiger partial charge in [-0.15, -0.1) is 0 Å². The molecule has 150 valence electrons. The highest BCUT2D eigenvalue weighted by atomic mass is 16.5. The molecule has 0 radical (unpaired) electrons. The molecule has 0 unspecified atom stereocenters. The molecule has 0 saturated heterocycles. The summed E-state index contributed by atoms with van der Waals surface area (Å²) < 4.78 is 10.6. The fourth-order valence-electron chi connectivity index (χ4n) is 3.01. The predicted octanol–water partition coefficient (Wildman–Crippen LogP) is 3.15. The molecule has 0 fully saturated rings. The second-order valence-corrected chi connectivity index (χ2v) is 6.35. The maximum atomic E-state index is 12.8. The molecule has 28 heavy (non-hydrogen) atoms. The fraction of sp³-hybridized carbons (Fsp3) is 0.364. The summed E-state index contributed by atoms with van der Waals surface area (Å²) in [6, 6.07) is 15.1. The van der Waals surface area contributed by atoms with Crippen LogP contribution in [0.15, 0.2) is 48.5 Å². The first-order valence-corrected chi connectivity index (χ1v) is 9.32. The Bertz CT molecular complexity index is 792. The maximum Gasteiger partial charge on any atom is 0.246 e. The van der Waals surface area contributed by atoms with Crippen LogP contribution in [0, 0.1) is 0 Å². The normalized spacial score (nSPS) is 10.3. The van der Waals surface area contributed by atoms with Crippen molar-refractivity contribution in [2.75, 3.05) is 38.8 Å². The van der Waals surface area contributed by atoms with Crippen molar-refractivity contribution >= 4 is 17.5 Å². The van der Waals surface area contributed by atoms with Crippen LogP contribution in [-0.2, 0) is 16.0 Å². The molecular weight excluding hydrogens is 356 g/mol. The van der Waals surface area contributed by atoms with Gasteiger partial charge in [0.05, 0.1) is 14.2 Å². The Balaban J connectivity index is 2.05. The number of hydrogen-bond acceptors (Lipinski definition) is 4. The first kappa shape index (κ1) is 21.3. The third-order valence-electron chi connectivity index (χ3n) is 4.57. The van der Waals surface area contributed by atoms with Crippen LogP contribution in [0.4, 0.5) is 5.69 Å². The number of anilines is 1. The summed E-state index contributed by atoms with van der Waals surface area (Å²) >= 11 is 0. The zero-order valence-corrected chi connectivity index (χ0v) is 17.0. The van der Waals surface area contributed by atoms with Gasteiger partial charge in [-0.3, -0.25) is 9.59 Å². The minimum atomic E-state index is -0.127. The van der Waals surface area contributed by atoms with Crippen LogP contribution >= 0.6 is 0 Å². The lowest BCUT2D eigenvalue weighted by Gasteiger charge is -2.26. The lowest BCUT2D eigenvalue weighted by Crippen LogP contribution is -2.43. The first-order valence-electron chi connectivity index (χ1n) is 9.32. The van der Waals surface area contributed by atoms with Crippen molar-refractivity contribution in [3.05, 3.63) is 54.1 Å². The van der Waals surface area contributed by atoms with Crippen molar-refractivity contribution in [2.45, 2.75) is 20.3 Å². The lowest BCUT2D eigenvalue weighted by atomic mass is 10.1. The van der Waals surface area contributed by atoms with Crippen molar-refractivity contribution in [3.63, 3.8) is 0 Å². The van der Waals surface area contributed by atoms with Gasteiger partial charge in [-0.2, -0.15) is 0 Å². The Morgan fingerprint density at radius 2 is 1.64 bits per heavy atom. The Morgan fingerprint density at radius 1 is 0.964 bits per heavy atom. The van der Waals surface area contributed by atoms with Gasteiger partial charge in [0.25, 0.3) is 0 Å². The molecule has 0 N–H and O–H groups in total. The number of methoxy groups -OCH3 is 2. The van der Waals surface area contributed by atoms with Gasteiger partial charge in [-0.25, -0.2) is 0 Å². The molecule has 6 nitrogen and oxygen atoms in total. The number of hydrogen-bond donors (Lipinski definition) is 0. The number of amides is 2. The minimum absolute atomic E-state index is 0.0470. The standard InChI is InChI=1S/C22H28N2O4/c1-5-24(19-9-7-6-8-10-19)22(26)16-23(17(2)25)14-13-18-11-12-20(27-3)21(15-18)28-4/h6-12,15H,5,13-14,16H2,1-4H3. The van der Waals surface area contributed by atoms with Gasteiger partial charge in [0.2, 0.25) is 11.8 Å². The molecule has 0 heterocycles. The third-order valence-corrected chi connectivity index (χ3v) is 4.57. The van der Waals surface area contributed by atoms with Gasteiger partial charge in [-0.05, 0) is 43.2 Å². The minimum Gasteiger partial charge on any atom is -0.493 e. The van der Waals surface area contributed by atoms with Crippen LogP contribution in [0.25, 0.3) is 0 Å². The van der Waals surface area contributed by atoms with Gasteiger partial charge < -0.3 is 19.3 Å². The highest BCUT2D eigenvalue weighted by Gasteiger charge is 2.19. The van der Waals surface area contributed by atoms with Crippen molar-refractivity contribution in [3.8, 4) is 11.5 Å². The van der Waals surface area contributed by atoms with E-state index in [0.29, 0.717) is 31.0 Å². The number of likely N-dealkylation sites (N-methyl/N-ethyl adjacent to an activating group) is 1. The highest BCUT2D eigenvalue weighted by molar-refractivity contribution is 5.96. The summed E-state index contributed by atoms with van der Waals surface area (Å²) in [5.74, 6) is 1.08. The van der Waals surface area contributed by atoms with Crippen LogP contribution in [-0.4, -0.2) is 50.6 Å². The molecule has 0 atom stereocenters. The molecule has 0 bridgehead atoms. The third kappa shape index (κ3) is 5.49. The number of benzene rings is 2. The highest BCUT2D eigenvalue weighted by Crippen LogP contribution is 2.27. The second-order valence-electron chi connectivity index (χ2n) is 6.35. The van der Waals surface area contributed by atoms with E-state index in [4.69, 9.17) is 9.47 Å². The molecule has 2 amide bonds. The Labute approximate surface area is 166 Å². The quantitative estimate of drug-likeness (QED) is 0.666. The zero-order chi connectivity index (χ0) is 20.5. The average Bonchev–Trinajstić information content (AvgIpc) is 2.71. The molecule has 0 aliphatic heterocycles. The maximum absolute atomic E-state index is 12.8. The summed E-state index contributed by atoms with van der Waals surface area (Å²) in [5, 5.41) is 0. The number of ether oxygens (including phenoxy) is 2. The summed E-state index contributed by atoms with van der Waals surface area (Å²) in [6.07, 6.45) is 0.616. The SMILES string of the molecule is CCN(C(=O)CN(CCc1ccc(OC)c(OC)c1)C(C)=O)c1ccccc1. The van der Waals surface area contributed by atoms with Crippen LogP contribution < -0.4 is 14.4 Å². The van der Waals surface area contributed by atoms with Gasteiger partial charge >= 0.3 is 0 Å². The number of carbonyl (C=O) groups excluding carboxylic acids is 2. The van der Waals surface area contributed by atoms with Crippen molar-refractivity contribution < 1.29 is 19.1 Å². The van der Waals surface area contributed by atoms with E-state index in [1.807, 2.05) is 55.5 Å². The molecular formula is C22H28N2O4. The Morgan fingerprint density at radius 3 is 2.21 bits per heavy atom. The van der Waals surface area contributed by atoms with E-state index in [2.05, 4.69) is 0 Å². The predicted molar refractivity (Wildman–Crippen MR) is 110 cm³/mol. The Hall–Kier alpha value is -3.02. The molecule has 2 rings (SSSR count). The molecule has 0 aliphatic carbocycles. The fourth-order valence-corrected chi connectivity index (χ4v) is 3.01.